The Morgan fingerprint density at radius 2 is 1.93 bits per heavy atom. The van der Waals surface area contributed by atoms with Gasteiger partial charge in [-0.2, -0.15) is 4.99 Å². The van der Waals surface area contributed by atoms with Gasteiger partial charge in [-0.1, -0.05) is 11.3 Å². The van der Waals surface area contributed by atoms with Gasteiger partial charge in [-0.15, -0.1) is 0 Å². The second-order valence-corrected chi connectivity index (χ2v) is 9.08. The summed E-state index contributed by atoms with van der Waals surface area (Å²) in [6.07, 6.45) is 1.10. The molecular formula is C19H19FN2O4S2. The van der Waals surface area contributed by atoms with E-state index in [1.165, 1.54) is 47.7 Å². The highest BCUT2D eigenvalue weighted by atomic mass is 32.2. The summed E-state index contributed by atoms with van der Waals surface area (Å²) in [5, 5.41) is 0. The summed E-state index contributed by atoms with van der Waals surface area (Å²) in [4.78, 5) is 17.3. The summed E-state index contributed by atoms with van der Waals surface area (Å²) in [5.74, 6) is -0.864. The Labute approximate surface area is 165 Å². The largest absolute Gasteiger partial charge is 0.380 e. The topological polar surface area (TPSA) is 77.7 Å². The van der Waals surface area contributed by atoms with Gasteiger partial charge in [-0.05, 0) is 49.4 Å². The minimum atomic E-state index is -3.34. The molecule has 0 N–H and O–H groups in total. The molecule has 0 saturated carbocycles. The van der Waals surface area contributed by atoms with E-state index < -0.39 is 15.7 Å². The number of hydrogen-bond acceptors (Lipinski definition) is 5. The number of benzene rings is 2. The number of ether oxygens (including phenoxy) is 1. The number of carbonyl (C=O) groups is 1. The number of nitrogens with zero attached hydrogens (tertiary/aromatic N) is 2. The summed E-state index contributed by atoms with van der Waals surface area (Å²) in [6.45, 7) is 3.36. The number of rotatable bonds is 6. The van der Waals surface area contributed by atoms with Crippen LogP contribution in [0.1, 0.15) is 17.3 Å². The fourth-order valence-electron chi connectivity index (χ4n) is 2.64. The highest BCUT2D eigenvalue weighted by Gasteiger charge is 2.12. The van der Waals surface area contributed by atoms with Gasteiger partial charge in [-0.25, -0.2) is 12.8 Å². The fourth-order valence-corrected chi connectivity index (χ4v) is 4.35. The first-order valence-corrected chi connectivity index (χ1v) is 11.3. The Bertz CT molecular complexity index is 1180. The minimum Gasteiger partial charge on any atom is -0.380 e. The molecule has 2 aromatic carbocycles. The summed E-state index contributed by atoms with van der Waals surface area (Å²) < 4.78 is 44.6. The molecule has 9 heteroatoms. The molecule has 3 aromatic rings. The number of thiazole rings is 1. The number of amides is 1. The molecule has 6 nitrogen and oxygen atoms in total. The van der Waals surface area contributed by atoms with Crippen LogP contribution in [0.2, 0.25) is 0 Å². The fraction of sp³-hybridized carbons (Fsp3) is 0.263. The van der Waals surface area contributed by atoms with Gasteiger partial charge < -0.3 is 9.30 Å². The van der Waals surface area contributed by atoms with Crippen LogP contribution in [-0.2, 0) is 21.1 Å². The van der Waals surface area contributed by atoms with E-state index in [2.05, 4.69) is 4.99 Å². The average Bonchev–Trinajstić information content (AvgIpc) is 2.97. The Balaban J connectivity index is 2.02. The zero-order chi connectivity index (χ0) is 20.3. The normalized spacial score (nSPS) is 12.6. The molecular weight excluding hydrogens is 403 g/mol. The third kappa shape index (κ3) is 4.54. The van der Waals surface area contributed by atoms with E-state index in [4.69, 9.17) is 4.74 Å². The van der Waals surface area contributed by atoms with Crippen molar-refractivity contribution in [2.45, 2.75) is 18.4 Å². The van der Waals surface area contributed by atoms with Crippen molar-refractivity contribution >= 4 is 37.3 Å². The van der Waals surface area contributed by atoms with Crippen LogP contribution in [-0.4, -0.2) is 38.4 Å². The molecule has 0 aliphatic rings. The zero-order valence-corrected chi connectivity index (χ0v) is 17.0. The summed E-state index contributed by atoms with van der Waals surface area (Å²) in [5.41, 5.74) is 1.04. The van der Waals surface area contributed by atoms with Gasteiger partial charge in [-0.3, -0.25) is 4.79 Å². The Morgan fingerprint density at radius 1 is 1.21 bits per heavy atom. The molecule has 0 fully saturated rings. The van der Waals surface area contributed by atoms with Gasteiger partial charge >= 0.3 is 0 Å². The lowest BCUT2D eigenvalue weighted by Crippen LogP contribution is -2.19. The second kappa shape index (κ2) is 8.34. The van der Waals surface area contributed by atoms with E-state index in [1.54, 1.807) is 6.07 Å². The van der Waals surface area contributed by atoms with Gasteiger partial charge in [0.15, 0.2) is 14.6 Å². The third-order valence-corrected chi connectivity index (χ3v) is 6.20. The third-order valence-electron chi connectivity index (χ3n) is 4.03. The number of fused-ring (bicyclic) bond motifs is 1. The first-order chi connectivity index (χ1) is 13.3. The van der Waals surface area contributed by atoms with E-state index >= 15 is 0 Å². The molecule has 1 heterocycles. The highest BCUT2D eigenvalue weighted by molar-refractivity contribution is 7.90. The Hall–Kier alpha value is -2.36. The first kappa shape index (κ1) is 20.4. The summed E-state index contributed by atoms with van der Waals surface area (Å²) in [6, 6.07) is 10.0. The van der Waals surface area contributed by atoms with Crippen LogP contribution in [0.5, 0.6) is 0 Å². The van der Waals surface area contributed by atoms with Crippen LogP contribution in [0.4, 0.5) is 4.39 Å². The number of sulfone groups is 1. The van der Waals surface area contributed by atoms with E-state index in [-0.39, 0.29) is 16.3 Å². The van der Waals surface area contributed by atoms with Crippen molar-refractivity contribution < 1.29 is 22.3 Å². The Morgan fingerprint density at radius 3 is 2.57 bits per heavy atom. The van der Waals surface area contributed by atoms with Gasteiger partial charge in [0.25, 0.3) is 5.91 Å². The molecule has 0 unspecified atom stereocenters. The molecule has 0 aliphatic carbocycles. The predicted molar refractivity (Wildman–Crippen MR) is 106 cm³/mol. The molecule has 0 aliphatic heterocycles. The maximum absolute atomic E-state index is 13.6. The van der Waals surface area contributed by atoms with E-state index in [0.29, 0.717) is 29.3 Å². The molecule has 3 rings (SSSR count). The SMILES string of the molecule is CCOCCn1c(=NC(=O)c2ccc(S(C)(=O)=O)cc2)sc2cc(F)ccc21. The maximum atomic E-state index is 13.6. The highest BCUT2D eigenvalue weighted by Crippen LogP contribution is 2.19. The van der Waals surface area contributed by atoms with Crippen LogP contribution in [0.3, 0.4) is 0 Å². The van der Waals surface area contributed by atoms with Crippen molar-refractivity contribution in [3.8, 4) is 0 Å². The van der Waals surface area contributed by atoms with Crippen molar-refractivity contribution in [2.75, 3.05) is 19.5 Å². The zero-order valence-electron chi connectivity index (χ0n) is 15.4. The van der Waals surface area contributed by atoms with Crippen molar-refractivity contribution in [2.24, 2.45) is 4.99 Å². The molecule has 0 spiro atoms. The van der Waals surface area contributed by atoms with Crippen molar-refractivity contribution in [3.05, 3.63) is 58.6 Å². The Kier molecular flexibility index (Phi) is 6.07. The molecule has 0 bridgehead atoms. The van der Waals surface area contributed by atoms with Crippen LogP contribution in [0.25, 0.3) is 10.2 Å². The number of carbonyl (C=O) groups excluding carboxylic acids is 1. The smallest absolute Gasteiger partial charge is 0.279 e. The number of hydrogen-bond donors (Lipinski definition) is 0. The van der Waals surface area contributed by atoms with Crippen molar-refractivity contribution in [3.63, 3.8) is 0 Å². The second-order valence-electron chi connectivity index (χ2n) is 6.06. The lowest BCUT2D eigenvalue weighted by atomic mass is 10.2. The van der Waals surface area contributed by atoms with Crippen molar-refractivity contribution in [1.82, 2.24) is 4.57 Å². The first-order valence-electron chi connectivity index (χ1n) is 8.55. The predicted octanol–water partition coefficient (Wildman–Crippen LogP) is 3.02. The van der Waals surface area contributed by atoms with Crippen LogP contribution >= 0.6 is 11.3 Å². The van der Waals surface area contributed by atoms with Gasteiger partial charge in [0, 0.05) is 25.0 Å². The molecule has 1 amide bonds. The van der Waals surface area contributed by atoms with Gasteiger partial charge in [0.2, 0.25) is 0 Å². The molecule has 0 radical (unpaired) electrons. The van der Waals surface area contributed by atoms with Gasteiger partial charge in [0.1, 0.15) is 5.82 Å². The summed E-state index contributed by atoms with van der Waals surface area (Å²) in [7, 11) is -3.34. The number of halogens is 1. The molecule has 28 heavy (non-hydrogen) atoms. The van der Waals surface area contributed by atoms with Crippen molar-refractivity contribution in [1.29, 1.82) is 0 Å². The quantitative estimate of drug-likeness (QED) is 0.572. The number of aromatic nitrogens is 1. The van der Waals surface area contributed by atoms with E-state index in [9.17, 15) is 17.6 Å². The minimum absolute atomic E-state index is 0.133. The lowest BCUT2D eigenvalue weighted by Gasteiger charge is -2.05. The van der Waals surface area contributed by atoms with Crippen LogP contribution in [0.15, 0.2) is 52.4 Å². The van der Waals surface area contributed by atoms with Crippen LogP contribution in [0, 0.1) is 5.82 Å². The van der Waals surface area contributed by atoms with Gasteiger partial charge in [0.05, 0.1) is 21.7 Å². The molecule has 148 valence electrons. The lowest BCUT2D eigenvalue weighted by molar-refractivity contribution is 0.0996. The van der Waals surface area contributed by atoms with E-state index in [1.807, 2.05) is 11.5 Å². The standard InChI is InChI=1S/C19H19FN2O4S2/c1-3-26-11-10-22-16-9-6-14(20)12-17(16)27-19(22)21-18(23)13-4-7-15(8-5-13)28(2,24)25/h4-9,12H,3,10-11H2,1-2H3. The van der Waals surface area contributed by atoms with Crippen LogP contribution < -0.4 is 4.80 Å². The summed E-state index contributed by atoms with van der Waals surface area (Å²) >= 11 is 1.21. The monoisotopic (exact) mass is 422 g/mol. The molecule has 1 aromatic heterocycles. The van der Waals surface area contributed by atoms with E-state index in [0.717, 1.165) is 11.8 Å². The molecule has 0 atom stereocenters. The average molecular weight is 423 g/mol. The maximum Gasteiger partial charge on any atom is 0.279 e. The molecule has 0 saturated heterocycles.